The lowest BCUT2D eigenvalue weighted by Crippen LogP contribution is -2.25. The molecule has 0 spiro atoms. The maximum Gasteiger partial charge on any atom is 0.251 e. The van der Waals surface area contributed by atoms with Gasteiger partial charge in [0.15, 0.2) is 0 Å². The summed E-state index contributed by atoms with van der Waals surface area (Å²) in [6.45, 7) is 0.452. The Morgan fingerprint density at radius 2 is 1.60 bits per heavy atom. The molecule has 1 aromatic heterocycles. The number of para-hydroxylation sites is 2. The zero-order valence-corrected chi connectivity index (χ0v) is 16.4. The standard InChI is InChI=1S/C24H22N4O2/c29-23(11-6-16-25-24(30)18-7-2-1-3-8-18)27-19-12-14-20(15-13-19)28-17-26-21-9-4-5-10-22(21)28/h1-5,7-10,12-15,17H,6,11,16H2,(H,25,30)(H,27,29). The van der Waals surface area contributed by atoms with Crippen molar-refractivity contribution in [1.29, 1.82) is 0 Å². The van der Waals surface area contributed by atoms with E-state index in [-0.39, 0.29) is 11.8 Å². The van der Waals surface area contributed by atoms with Crippen molar-refractivity contribution in [3.63, 3.8) is 0 Å². The van der Waals surface area contributed by atoms with E-state index in [1.54, 1.807) is 18.5 Å². The van der Waals surface area contributed by atoms with E-state index >= 15 is 0 Å². The normalized spacial score (nSPS) is 10.7. The highest BCUT2D eigenvalue weighted by molar-refractivity contribution is 5.94. The Kier molecular flexibility index (Phi) is 5.85. The minimum absolute atomic E-state index is 0.0789. The van der Waals surface area contributed by atoms with Gasteiger partial charge in [-0.3, -0.25) is 14.2 Å². The van der Waals surface area contributed by atoms with Crippen LogP contribution >= 0.6 is 0 Å². The molecular formula is C24H22N4O2. The van der Waals surface area contributed by atoms with Crippen LogP contribution in [0.25, 0.3) is 16.7 Å². The SMILES string of the molecule is O=C(CCCNC(=O)c1ccccc1)Nc1ccc(-n2cnc3ccccc32)cc1. The summed E-state index contributed by atoms with van der Waals surface area (Å²) < 4.78 is 2.01. The fourth-order valence-electron chi connectivity index (χ4n) is 3.24. The summed E-state index contributed by atoms with van der Waals surface area (Å²) in [5, 5.41) is 5.72. The van der Waals surface area contributed by atoms with Gasteiger partial charge < -0.3 is 10.6 Å². The zero-order valence-electron chi connectivity index (χ0n) is 16.4. The number of carbonyl (C=O) groups is 2. The molecule has 4 aromatic rings. The summed E-state index contributed by atoms with van der Waals surface area (Å²) in [6, 6.07) is 24.6. The van der Waals surface area contributed by atoms with Crippen LogP contribution in [0.4, 0.5) is 5.69 Å². The van der Waals surface area contributed by atoms with Gasteiger partial charge in [0.05, 0.1) is 11.0 Å². The Morgan fingerprint density at radius 1 is 0.867 bits per heavy atom. The van der Waals surface area contributed by atoms with Crippen LogP contribution in [0.2, 0.25) is 0 Å². The van der Waals surface area contributed by atoms with Gasteiger partial charge in [0.2, 0.25) is 5.91 Å². The first kappa shape index (κ1) is 19.4. The van der Waals surface area contributed by atoms with E-state index in [0.717, 1.165) is 22.4 Å². The van der Waals surface area contributed by atoms with Crippen molar-refractivity contribution >= 4 is 28.5 Å². The predicted octanol–water partition coefficient (Wildman–Crippen LogP) is 4.17. The van der Waals surface area contributed by atoms with E-state index in [2.05, 4.69) is 15.6 Å². The lowest BCUT2D eigenvalue weighted by molar-refractivity contribution is -0.116. The molecule has 0 bridgehead atoms. The van der Waals surface area contributed by atoms with E-state index in [1.807, 2.05) is 71.3 Å². The molecule has 0 atom stereocenters. The Morgan fingerprint density at radius 3 is 2.40 bits per heavy atom. The molecule has 150 valence electrons. The molecule has 0 fully saturated rings. The average molecular weight is 398 g/mol. The first-order valence-electron chi connectivity index (χ1n) is 9.86. The van der Waals surface area contributed by atoms with Gasteiger partial charge in [-0.25, -0.2) is 4.98 Å². The van der Waals surface area contributed by atoms with Crippen molar-refractivity contribution in [3.05, 3.63) is 90.8 Å². The third-order valence-electron chi connectivity index (χ3n) is 4.78. The minimum Gasteiger partial charge on any atom is -0.352 e. The molecule has 0 unspecified atom stereocenters. The first-order chi connectivity index (χ1) is 14.7. The van der Waals surface area contributed by atoms with E-state index in [4.69, 9.17) is 0 Å². The molecule has 2 N–H and O–H groups in total. The molecular weight excluding hydrogens is 376 g/mol. The highest BCUT2D eigenvalue weighted by atomic mass is 16.2. The molecule has 0 aliphatic rings. The molecule has 30 heavy (non-hydrogen) atoms. The van der Waals surface area contributed by atoms with E-state index in [0.29, 0.717) is 24.9 Å². The largest absolute Gasteiger partial charge is 0.352 e. The first-order valence-corrected chi connectivity index (χ1v) is 9.86. The second kappa shape index (κ2) is 9.05. The number of nitrogens with zero attached hydrogens (tertiary/aromatic N) is 2. The Balaban J connectivity index is 1.26. The second-order valence-electron chi connectivity index (χ2n) is 6.92. The summed E-state index contributed by atoms with van der Waals surface area (Å²) in [5.41, 5.74) is 4.31. The monoisotopic (exact) mass is 398 g/mol. The minimum atomic E-state index is -0.126. The van der Waals surface area contributed by atoms with E-state index in [1.165, 1.54) is 0 Å². The summed E-state index contributed by atoms with van der Waals surface area (Å²) >= 11 is 0. The number of benzene rings is 3. The van der Waals surface area contributed by atoms with Crippen molar-refractivity contribution in [2.45, 2.75) is 12.8 Å². The fraction of sp³-hybridized carbons (Fsp3) is 0.125. The third kappa shape index (κ3) is 4.55. The molecule has 4 rings (SSSR count). The number of hydrogen-bond donors (Lipinski definition) is 2. The van der Waals surface area contributed by atoms with Gasteiger partial charge in [-0.15, -0.1) is 0 Å². The molecule has 6 nitrogen and oxygen atoms in total. The van der Waals surface area contributed by atoms with Crippen LogP contribution in [0.5, 0.6) is 0 Å². The third-order valence-corrected chi connectivity index (χ3v) is 4.78. The van der Waals surface area contributed by atoms with E-state index < -0.39 is 0 Å². The average Bonchev–Trinajstić information content (AvgIpc) is 3.22. The topological polar surface area (TPSA) is 76.0 Å². The summed E-state index contributed by atoms with van der Waals surface area (Å²) in [4.78, 5) is 28.6. The van der Waals surface area contributed by atoms with Crippen LogP contribution in [0.3, 0.4) is 0 Å². The van der Waals surface area contributed by atoms with Gasteiger partial charge >= 0.3 is 0 Å². The van der Waals surface area contributed by atoms with Crippen molar-refractivity contribution < 1.29 is 9.59 Å². The predicted molar refractivity (Wildman–Crippen MR) is 118 cm³/mol. The van der Waals surface area contributed by atoms with Crippen molar-refractivity contribution in [1.82, 2.24) is 14.9 Å². The van der Waals surface area contributed by atoms with Gasteiger partial charge in [-0.05, 0) is 55.0 Å². The number of hydrogen-bond acceptors (Lipinski definition) is 3. The molecule has 0 aliphatic heterocycles. The Hall–Kier alpha value is -3.93. The van der Waals surface area contributed by atoms with Gasteiger partial charge in [0.1, 0.15) is 6.33 Å². The number of anilines is 1. The zero-order chi connectivity index (χ0) is 20.8. The molecule has 0 saturated carbocycles. The van der Waals surface area contributed by atoms with Crippen molar-refractivity contribution in [2.75, 3.05) is 11.9 Å². The quantitative estimate of drug-likeness (QED) is 0.459. The van der Waals surface area contributed by atoms with Crippen LogP contribution in [-0.4, -0.2) is 27.9 Å². The van der Waals surface area contributed by atoms with Crippen LogP contribution in [-0.2, 0) is 4.79 Å². The van der Waals surface area contributed by atoms with Crippen LogP contribution < -0.4 is 10.6 Å². The fourth-order valence-corrected chi connectivity index (χ4v) is 3.24. The molecule has 0 radical (unpaired) electrons. The molecule has 0 aliphatic carbocycles. The maximum atomic E-state index is 12.2. The molecule has 1 heterocycles. The number of carbonyl (C=O) groups excluding carboxylic acids is 2. The smallest absolute Gasteiger partial charge is 0.251 e. The van der Waals surface area contributed by atoms with Crippen LogP contribution in [0.15, 0.2) is 85.2 Å². The highest BCUT2D eigenvalue weighted by Gasteiger charge is 2.07. The van der Waals surface area contributed by atoms with Crippen molar-refractivity contribution in [3.8, 4) is 5.69 Å². The molecule has 0 saturated heterocycles. The van der Waals surface area contributed by atoms with E-state index in [9.17, 15) is 9.59 Å². The summed E-state index contributed by atoms with van der Waals surface area (Å²) in [5.74, 6) is -0.205. The number of imidazole rings is 1. The summed E-state index contributed by atoms with van der Waals surface area (Å²) in [6.07, 6.45) is 2.70. The number of nitrogens with one attached hydrogen (secondary N) is 2. The summed E-state index contributed by atoms with van der Waals surface area (Å²) in [7, 11) is 0. The van der Waals surface area contributed by atoms with Crippen LogP contribution in [0.1, 0.15) is 23.2 Å². The Bertz CT molecular complexity index is 1150. The number of aromatic nitrogens is 2. The van der Waals surface area contributed by atoms with Gasteiger partial charge in [-0.1, -0.05) is 30.3 Å². The lowest BCUT2D eigenvalue weighted by Gasteiger charge is -2.08. The number of amides is 2. The maximum absolute atomic E-state index is 12.2. The molecule has 2 amide bonds. The molecule has 6 heteroatoms. The van der Waals surface area contributed by atoms with Crippen LogP contribution in [0, 0.1) is 0 Å². The van der Waals surface area contributed by atoms with Gasteiger partial charge in [-0.2, -0.15) is 0 Å². The number of rotatable bonds is 7. The second-order valence-corrected chi connectivity index (χ2v) is 6.92. The van der Waals surface area contributed by atoms with Crippen molar-refractivity contribution in [2.24, 2.45) is 0 Å². The highest BCUT2D eigenvalue weighted by Crippen LogP contribution is 2.19. The number of fused-ring (bicyclic) bond motifs is 1. The lowest BCUT2D eigenvalue weighted by atomic mass is 10.2. The Labute approximate surface area is 174 Å². The molecule has 3 aromatic carbocycles. The van der Waals surface area contributed by atoms with Gasteiger partial charge in [0, 0.05) is 29.9 Å². The van der Waals surface area contributed by atoms with Gasteiger partial charge in [0.25, 0.3) is 5.91 Å².